The molecule has 0 atom stereocenters. The van der Waals surface area contributed by atoms with E-state index in [1.54, 1.807) is 26.4 Å². The molecule has 0 saturated heterocycles. The van der Waals surface area contributed by atoms with Crippen LogP contribution in [0.2, 0.25) is 0 Å². The number of hydrogen-bond donors (Lipinski definition) is 0. The highest BCUT2D eigenvalue weighted by Gasteiger charge is 2.30. The van der Waals surface area contributed by atoms with Gasteiger partial charge >= 0.3 is 6.18 Å². The molecule has 5 aromatic rings. The summed E-state index contributed by atoms with van der Waals surface area (Å²) in [5.41, 5.74) is 7.20. The molecule has 5 rings (SSSR count). The number of methoxy groups -OCH3 is 2. The molecule has 0 heterocycles. The topological polar surface area (TPSA) is 24.9 Å². The molecule has 5 aromatic carbocycles. The maximum atomic E-state index is 13.2. The third-order valence-electron chi connectivity index (χ3n) is 9.06. The Balaban J connectivity index is 1.27. The summed E-state index contributed by atoms with van der Waals surface area (Å²) >= 11 is 0. The molecule has 50 heavy (non-hydrogen) atoms. The summed E-state index contributed by atoms with van der Waals surface area (Å²) in [6.07, 6.45) is 0.457. The zero-order valence-corrected chi connectivity index (χ0v) is 29.3. The molecule has 0 saturated carbocycles. The van der Waals surface area contributed by atoms with Crippen molar-refractivity contribution in [1.29, 1.82) is 0 Å². The minimum absolute atomic E-state index is 0.535. The molecule has 4 nitrogen and oxygen atoms in total. The highest BCUT2D eigenvalue weighted by atomic mass is 19.4. The van der Waals surface area contributed by atoms with Crippen LogP contribution in [-0.4, -0.2) is 27.3 Å². The number of nitrogens with zero attached hydrogens (tertiary/aromatic N) is 2. The number of benzene rings is 5. The fourth-order valence-corrected chi connectivity index (χ4v) is 6.19. The van der Waals surface area contributed by atoms with Gasteiger partial charge < -0.3 is 19.3 Å². The maximum Gasteiger partial charge on any atom is 0.416 e. The lowest BCUT2D eigenvalue weighted by Gasteiger charge is -2.27. The average molecular weight is 681 g/mol. The van der Waals surface area contributed by atoms with E-state index in [1.165, 1.54) is 28.8 Å². The molecule has 0 N–H and O–H groups in total. The molecule has 262 valence electrons. The van der Waals surface area contributed by atoms with Crippen molar-refractivity contribution in [2.75, 3.05) is 37.1 Å². The summed E-state index contributed by atoms with van der Waals surface area (Å²) in [5, 5.41) is 0. The van der Waals surface area contributed by atoms with Crippen molar-refractivity contribution in [2.24, 2.45) is 0 Å². The van der Waals surface area contributed by atoms with Crippen molar-refractivity contribution >= 4 is 11.4 Å². The summed E-state index contributed by atoms with van der Waals surface area (Å²) < 4.78 is 50.6. The van der Waals surface area contributed by atoms with E-state index in [4.69, 9.17) is 9.47 Å². The Hall–Kier alpha value is -4.91. The Morgan fingerprint density at radius 1 is 0.580 bits per heavy atom. The van der Waals surface area contributed by atoms with E-state index in [0.717, 1.165) is 85.7 Å². The Morgan fingerprint density at radius 2 is 1.16 bits per heavy atom. The van der Waals surface area contributed by atoms with Crippen molar-refractivity contribution in [2.45, 2.75) is 58.3 Å². The lowest BCUT2D eigenvalue weighted by Crippen LogP contribution is -2.24. The second-order valence-corrected chi connectivity index (χ2v) is 12.6. The van der Waals surface area contributed by atoms with Crippen LogP contribution >= 0.6 is 0 Å². The first-order valence-electron chi connectivity index (χ1n) is 17.4. The predicted octanol–water partition coefficient (Wildman–Crippen LogP) is 11.2. The normalized spacial score (nSPS) is 11.3. The number of alkyl halides is 3. The van der Waals surface area contributed by atoms with Crippen LogP contribution in [0.15, 0.2) is 121 Å². The van der Waals surface area contributed by atoms with Crippen LogP contribution < -0.4 is 19.3 Å². The molecule has 0 amide bonds. The van der Waals surface area contributed by atoms with Crippen LogP contribution in [0.4, 0.5) is 24.5 Å². The van der Waals surface area contributed by atoms with Crippen molar-refractivity contribution in [3.63, 3.8) is 0 Å². The lowest BCUT2D eigenvalue weighted by molar-refractivity contribution is -0.137. The number of halogens is 3. The van der Waals surface area contributed by atoms with Crippen molar-refractivity contribution < 1.29 is 22.6 Å². The minimum Gasteiger partial charge on any atom is -0.497 e. The summed E-state index contributed by atoms with van der Waals surface area (Å²) in [4.78, 5) is 4.67. The summed E-state index contributed by atoms with van der Waals surface area (Å²) in [7, 11) is 3.38. The molecule has 0 bridgehead atoms. The third-order valence-corrected chi connectivity index (χ3v) is 9.06. The van der Waals surface area contributed by atoms with Crippen LogP contribution in [0.25, 0.3) is 11.1 Å². The van der Waals surface area contributed by atoms with Gasteiger partial charge in [-0.15, -0.1) is 0 Å². The molecule has 0 aliphatic rings. The monoisotopic (exact) mass is 680 g/mol. The zero-order valence-electron chi connectivity index (χ0n) is 29.3. The first-order valence-corrected chi connectivity index (χ1v) is 17.4. The average Bonchev–Trinajstić information content (AvgIpc) is 3.15. The SMILES string of the molecule is CCCCN(Cc1ccc(C(F)(F)F)cc1)c1ccc(OC)c(CCCCN(Cc2ccc(-c3ccccc3)cc2)c2ccc(OC)cc2)c1. The van der Waals surface area contributed by atoms with E-state index >= 15 is 0 Å². The second-order valence-electron chi connectivity index (χ2n) is 12.6. The molecule has 0 aliphatic carbocycles. The van der Waals surface area contributed by atoms with Gasteiger partial charge in [-0.3, -0.25) is 0 Å². The quantitative estimate of drug-likeness (QED) is 0.0913. The van der Waals surface area contributed by atoms with Crippen LogP contribution in [0, 0.1) is 0 Å². The molecule has 0 radical (unpaired) electrons. The van der Waals surface area contributed by atoms with Crippen LogP contribution in [0.5, 0.6) is 11.5 Å². The lowest BCUT2D eigenvalue weighted by atomic mass is 10.0. The van der Waals surface area contributed by atoms with Gasteiger partial charge in [-0.25, -0.2) is 0 Å². The van der Waals surface area contributed by atoms with E-state index in [1.807, 2.05) is 24.3 Å². The standard InChI is InChI=1S/C43H47F3N2O2/c1-4-5-28-48(32-34-16-20-38(21-17-34)43(44,45)46)40-24-27-42(50-3)37(30-40)13-9-10-29-47(39-22-25-41(49-2)26-23-39)31-33-14-18-36(19-15-33)35-11-7-6-8-12-35/h6-8,11-12,14-27,30H,4-5,9-10,13,28-29,31-32H2,1-3H3. The Morgan fingerprint density at radius 3 is 1.76 bits per heavy atom. The van der Waals surface area contributed by atoms with Gasteiger partial charge in [-0.2, -0.15) is 13.2 Å². The predicted molar refractivity (Wildman–Crippen MR) is 199 cm³/mol. The van der Waals surface area contributed by atoms with Crippen molar-refractivity contribution in [3.8, 4) is 22.6 Å². The number of unbranched alkanes of at least 4 members (excludes halogenated alkanes) is 2. The number of anilines is 2. The fourth-order valence-electron chi connectivity index (χ4n) is 6.19. The first-order chi connectivity index (χ1) is 24.3. The van der Waals surface area contributed by atoms with Crippen molar-refractivity contribution in [3.05, 3.63) is 144 Å². The molecule has 0 aliphatic heterocycles. The largest absolute Gasteiger partial charge is 0.497 e. The highest BCUT2D eigenvalue weighted by Crippen LogP contribution is 2.31. The van der Waals surface area contributed by atoms with Gasteiger partial charge in [-0.1, -0.05) is 80.1 Å². The smallest absolute Gasteiger partial charge is 0.416 e. The molecule has 0 fully saturated rings. The van der Waals surface area contributed by atoms with Crippen molar-refractivity contribution in [1.82, 2.24) is 0 Å². The van der Waals surface area contributed by atoms with Gasteiger partial charge in [0.1, 0.15) is 11.5 Å². The molecule has 0 unspecified atom stereocenters. The van der Waals surface area contributed by atoms with E-state index < -0.39 is 11.7 Å². The van der Waals surface area contributed by atoms with Gasteiger partial charge in [0.2, 0.25) is 0 Å². The van der Waals surface area contributed by atoms with E-state index in [0.29, 0.717) is 6.54 Å². The van der Waals surface area contributed by atoms with Crippen LogP contribution in [-0.2, 0) is 25.7 Å². The second kappa shape index (κ2) is 17.7. The highest BCUT2D eigenvalue weighted by molar-refractivity contribution is 5.63. The number of hydrogen-bond acceptors (Lipinski definition) is 4. The molecule has 0 spiro atoms. The Labute approximate surface area is 295 Å². The van der Waals surface area contributed by atoms with Crippen LogP contribution in [0.3, 0.4) is 0 Å². The van der Waals surface area contributed by atoms with E-state index in [-0.39, 0.29) is 0 Å². The van der Waals surface area contributed by atoms with E-state index in [9.17, 15) is 13.2 Å². The van der Waals surface area contributed by atoms with E-state index in [2.05, 4.69) is 89.5 Å². The Kier molecular flexibility index (Phi) is 12.8. The van der Waals surface area contributed by atoms with Gasteiger partial charge in [0, 0.05) is 37.6 Å². The molecule has 7 heteroatoms. The van der Waals surface area contributed by atoms with Gasteiger partial charge in [0.25, 0.3) is 0 Å². The van der Waals surface area contributed by atoms with Crippen LogP contribution in [0.1, 0.15) is 54.9 Å². The maximum absolute atomic E-state index is 13.2. The summed E-state index contributed by atoms with van der Waals surface area (Å²) in [6.45, 7) is 5.16. The number of ether oxygens (including phenoxy) is 2. The summed E-state index contributed by atoms with van der Waals surface area (Å²) in [5.74, 6) is 1.68. The molecular formula is C43H47F3N2O2. The molecular weight excluding hydrogens is 633 g/mol. The Bertz CT molecular complexity index is 1740. The van der Waals surface area contributed by atoms with Gasteiger partial charge in [0.15, 0.2) is 0 Å². The molecule has 0 aromatic heterocycles. The minimum atomic E-state index is -4.34. The zero-order chi connectivity index (χ0) is 35.3. The fraction of sp³-hybridized carbons (Fsp3) is 0.302. The summed E-state index contributed by atoms with van der Waals surface area (Å²) in [6, 6.07) is 39.2. The number of rotatable bonds is 17. The van der Waals surface area contributed by atoms with Gasteiger partial charge in [-0.05, 0) is 108 Å². The first kappa shape index (κ1) is 36.4. The third kappa shape index (κ3) is 10.1. The number of aryl methyl sites for hydroxylation is 1. The van der Waals surface area contributed by atoms with Gasteiger partial charge in [0.05, 0.1) is 19.8 Å².